The normalized spacial score (nSPS) is 23.9. The largest absolute Gasteiger partial charge is 0.395 e. The second-order valence-electron chi connectivity index (χ2n) is 9.63. The van der Waals surface area contributed by atoms with E-state index >= 15 is 0 Å². The highest BCUT2D eigenvalue weighted by atomic mass is 32.2. The first kappa shape index (κ1) is 24.9. The fraction of sp³-hybridized carbons (Fsp3) is 0.481. The quantitative estimate of drug-likeness (QED) is 0.656. The Morgan fingerprint density at radius 2 is 1.74 bits per heavy atom. The number of fused-ring (bicyclic) bond motifs is 1. The van der Waals surface area contributed by atoms with Crippen LogP contribution in [0.3, 0.4) is 0 Å². The molecular weight excluding hydrogens is 451 g/mol. The van der Waals surface area contributed by atoms with E-state index in [1.165, 1.54) is 28.6 Å². The van der Waals surface area contributed by atoms with E-state index in [4.69, 9.17) is 0 Å². The maximum Gasteiger partial charge on any atom is 0.243 e. The summed E-state index contributed by atoms with van der Waals surface area (Å²) in [5.41, 5.74) is 2.05. The number of hydrogen-bond donors (Lipinski definition) is 1. The van der Waals surface area contributed by atoms with Crippen LogP contribution in [0.25, 0.3) is 0 Å². The SMILES string of the molecule is CC(C)CC#Cc1ccc([C@H]2[C@@H](CO)N3CCCCN(S(=O)(=O)c4ccc(F)cc4)C[C@@H]23)cc1. The van der Waals surface area contributed by atoms with Crippen molar-refractivity contribution in [2.24, 2.45) is 5.92 Å². The fourth-order valence-corrected chi connectivity index (χ4v) is 6.53. The van der Waals surface area contributed by atoms with Crippen molar-refractivity contribution in [3.8, 4) is 11.8 Å². The summed E-state index contributed by atoms with van der Waals surface area (Å²) in [6, 6.07) is 13.1. The van der Waals surface area contributed by atoms with Gasteiger partial charge in [-0.25, -0.2) is 12.8 Å². The Bertz CT molecular complexity index is 1140. The first-order valence-electron chi connectivity index (χ1n) is 12.0. The Balaban J connectivity index is 1.57. The maximum absolute atomic E-state index is 13.4. The van der Waals surface area contributed by atoms with Gasteiger partial charge in [0, 0.05) is 43.1 Å². The van der Waals surface area contributed by atoms with E-state index in [-0.39, 0.29) is 29.5 Å². The van der Waals surface area contributed by atoms with Crippen LogP contribution in [-0.4, -0.2) is 61.1 Å². The molecule has 34 heavy (non-hydrogen) atoms. The van der Waals surface area contributed by atoms with E-state index in [0.29, 0.717) is 19.0 Å². The fourth-order valence-electron chi connectivity index (χ4n) is 5.03. The highest BCUT2D eigenvalue weighted by molar-refractivity contribution is 7.89. The van der Waals surface area contributed by atoms with Crippen molar-refractivity contribution in [3.63, 3.8) is 0 Å². The molecule has 5 nitrogen and oxygen atoms in total. The summed E-state index contributed by atoms with van der Waals surface area (Å²) in [6.45, 7) is 5.94. The lowest BCUT2D eigenvalue weighted by Gasteiger charge is -2.57. The number of rotatable bonds is 5. The van der Waals surface area contributed by atoms with Crippen LogP contribution in [0.15, 0.2) is 53.4 Å². The highest BCUT2D eigenvalue weighted by Gasteiger charge is 2.50. The van der Waals surface area contributed by atoms with Crippen LogP contribution in [0.2, 0.25) is 0 Å². The van der Waals surface area contributed by atoms with Crippen LogP contribution in [0.5, 0.6) is 0 Å². The number of aliphatic hydroxyl groups is 1. The van der Waals surface area contributed by atoms with Gasteiger partial charge in [0.15, 0.2) is 0 Å². The number of hydrogen-bond acceptors (Lipinski definition) is 4. The van der Waals surface area contributed by atoms with E-state index < -0.39 is 15.8 Å². The molecule has 2 aliphatic heterocycles. The number of aliphatic hydroxyl groups excluding tert-OH is 1. The topological polar surface area (TPSA) is 60.9 Å². The third kappa shape index (κ3) is 5.21. The van der Waals surface area contributed by atoms with E-state index in [9.17, 15) is 17.9 Å². The van der Waals surface area contributed by atoms with Gasteiger partial charge in [0.05, 0.1) is 11.5 Å². The summed E-state index contributed by atoms with van der Waals surface area (Å²) < 4.78 is 41.6. The summed E-state index contributed by atoms with van der Waals surface area (Å²) in [7, 11) is -3.74. The van der Waals surface area contributed by atoms with Gasteiger partial charge in [0.1, 0.15) is 5.82 Å². The predicted molar refractivity (Wildman–Crippen MR) is 131 cm³/mol. The smallest absolute Gasteiger partial charge is 0.243 e. The van der Waals surface area contributed by atoms with E-state index in [0.717, 1.165) is 36.9 Å². The second-order valence-corrected chi connectivity index (χ2v) is 11.6. The highest BCUT2D eigenvalue weighted by Crippen LogP contribution is 2.42. The van der Waals surface area contributed by atoms with Crippen molar-refractivity contribution < 1.29 is 17.9 Å². The van der Waals surface area contributed by atoms with Gasteiger partial charge in [-0.1, -0.05) is 37.8 Å². The molecule has 2 aromatic carbocycles. The Kier molecular flexibility index (Phi) is 7.73. The van der Waals surface area contributed by atoms with Crippen LogP contribution in [0.4, 0.5) is 4.39 Å². The van der Waals surface area contributed by atoms with Crippen LogP contribution < -0.4 is 0 Å². The molecule has 0 aromatic heterocycles. The van der Waals surface area contributed by atoms with Crippen LogP contribution in [-0.2, 0) is 10.0 Å². The van der Waals surface area contributed by atoms with Crippen molar-refractivity contribution in [2.75, 3.05) is 26.2 Å². The summed E-state index contributed by atoms with van der Waals surface area (Å²) >= 11 is 0. The molecule has 0 radical (unpaired) electrons. The molecule has 4 rings (SSSR count). The van der Waals surface area contributed by atoms with Crippen molar-refractivity contribution >= 4 is 10.0 Å². The van der Waals surface area contributed by atoms with Gasteiger partial charge >= 0.3 is 0 Å². The monoisotopic (exact) mass is 484 g/mol. The van der Waals surface area contributed by atoms with E-state index in [2.05, 4.69) is 42.7 Å². The van der Waals surface area contributed by atoms with Crippen molar-refractivity contribution in [1.29, 1.82) is 0 Å². The molecule has 0 aliphatic carbocycles. The molecule has 2 aromatic rings. The third-order valence-corrected chi connectivity index (χ3v) is 8.70. The molecule has 0 amide bonds. The van der Waals surface area contributed by atoms with Crippen molar-refractivity contribution in [1.82, 2.24) is 9.21 Å². The molecule has 3 atom stereocenters. The molecule has 7 heteroatoms. The van der Waals surface area contributed by atoms with Gasteiger partial charge in [-0.05, 0) is 67.3 Å². The van der Waals surface area contributed by atoms with Gasteiger partial charge in [-0.2, -0.15) is 4.31 Å². The number of benzene rings is 2. The predicted octanol–water partition coefficient (Wildman–Crippen LogP) is 3.84. The standard InChI is InChI=1S/C27H33FN2O3S/c1-20(2)6-5-7-21-8-10-22(11-9-21)27-25-18-29(16-3-4-17-30(25)26(27)19-31)34(32,33)24-14-12-23(28)13-15-24/h8-15,20,25-27,31H,3-4,6,16-19H2,1-2H3/t25-,26+,27+/m0/s1. The molecular formula is C27H33FN2O3S. The minimum absolute atomic E-state index is 0.0226. The molecule has 0 spiro atoms. The Labute approximate surface area is 202 Å². The average Bonchev–Trinajstić information content (AvgIpc) is 2.79. The molecule has 2 fully saturated rings. The summed E-state index contributed by atoms with van der Waals surface area (Å²) in [4.78, 5) is 2.35. The van der Waals surface area contributed by atoms with Crippen LogP contribution in [0.1, 0.15) is 50.2 Å². The summed E-state index contributed by atoms with van der Waals surface area (Å²) in [5.74, 6) is 6.52. The average molecular weight is 485 g/mol. The van der Waals surface area contributed by atoms with E-state index in [1.807, 2.05) is 12.1 Å². The molecule has 0 unspecified atom stereocenters. The van der Waals surface area contributed by atoms with Gasteiger partial charge in [0.2, 0.25) is 10.0 Å². The number of sulfonamides is 1. The lowest BCUT2D eigenvalue weighted by molar-refractivity contribution is -0.0553. The minimum atomic E-state index is -3.74. The minimum Gasteiger partial charge on any atom is -0.395 e. The molecule has 0 bridgehead atoms. The van der Waals surface area contributed by atoms with Crippen molar-refractivity contribution in [3.05, 3.63) is 65.5 Å². The van der Waals surface area contributed by atoms with Crippen LogP contribution >= 0.6 is 0 Å². The van der Waals surface area contributed by atoms with Gasteiger partial charge in [0.25, 0.3) is 0 Å². The summed E-state index contributed by atoms with van der Waals surface area (Å²) in [5, 5.41) is 10.1. The second kappa shape index (κ2) is 10.6. The zero-order chi connectivity index (χ0) is 24.3. The first-order chi connectivity index (χ1) is 16.3. The third-order valence-electron chi connectivity index (χ3n) is 6.82. The van der Waals surface area contributed by atoms with E-state index in [1.54, 1.807) is 0 Å². The Morgan fingerprint density at radius 1 is 1.06 bits per heavy atom. The molecule has 182 valence electrons. The molecule has 2 saturated heterocycles. The Hall–Kier alpha value is -2.24. The first-order valence-corrected chi connectivity index (χ1v) is 13.5. The van der Waals surface area contributed by atoms with Crippen molar-refractivity contribution in [2.45, 2.75) is 56.0 Å². The molecule has 2 aliphatic rings. The molecule has 0 saturated carbocycles. The van der Waals surface area contributed by atoms with Gasteiger partial charge in [-0.15, -0.1) is 0 Å². The molecule has 2 heterocycles. The Morgan fingerprint density at radius 3 is 2.38 bits per heavy atom. The summed E-state index contributed by atoms with van der Waals surface area (Å²) in [6.07, 6.45) is 2.46. The lowest BCUT2D eigenvalue weighted by Crippen LogP contribution is -2.67. The van der Waals surface area contributed by atoms with Gasteiger partial charge < -0.3 is 5.11 Å². The lowest BCUT2D eigenvalue weighted by atomic mass is 9.74. The molecule has 1 N–H and O–H groups in total. The number of nitrogens with zero attached hydrogens (tertiary/aromatic N) is 2. The zero-order valence-electron chi connectivity index (χ0n) is 19.8. The maximum atomic E-state index is 13.4. The zero-order valence-corrected chi connectivity index (χ0v) is 20.6. The van der Waals surface area contributed by atoms with Gasteiger partial charge in [-0.3, -0.25) is 4.90 Å². The number of halogens is 1. The van der Waals surface area contributed by atoms with Crippen LogP contribution in [0, 0.1) is 23.6 Å².